The van der Waals surface area contributed by atoms with Gasteiger partial charge in [-0.25, -0.2) is 18.0 Å². The molecule has 1 aliphatic heterocycles. The van der Waals surface area contributed by atoms with Crippen LogP contribution < -0.4 is 0 Å². The summed E-state index contributed by atoms with van der Waals surface area (Å²) in [6.45, 7) is 5.93. The first-order chi connectivity index (χ1) is 16.4. The second kappa shape index (κ2) is 11.0. The van der Waals surface area contributed by atoms with Crippen LogP contribution in [-0.2, 0) is 26.0 Å². The molecule has 1 unspecified atom stereocenters. The molecule has 1 amide bonds. The van der Waals surface area contributed by atoms with Gasteiger partial charge in [0.25, 0.3) is 0 Å². The van der Waals surface area contributed by atoms with Crippen molar-refractivity contribution in [3.05, 3.63) is 64.7 Å². The van der Waals surface area contributed by atoms with Gasteiger partial charge in [0.05, 0.1) is 17.6 Å². The first-order valence-corrected chi connectivity index (χ1v) is 13.2. The zero-order chi connectivity index (χ0) is 25.8. The number of sulfonamides is 1. The fraction of sp³-hybridized carbons (Fsp3) is 0.440. The number of benzene rings is 2. The van der Waals surface area contributed by atoms with E-state index >= 15 is 0 Å². The molecule has 0 bridgehead atoms. The van der Waals surface area contributed by atoms with Gasteiger partial charge in [-0.3, -0.25) is 0 Å². The van der Waals surface area contributed by atoms with Gasteiger partial charge in [0.2, 0.25) is 10.0 Å². The third-order valence-electron chi connectivity index (χ3n) is 5.62. The van der Waals surface area contributed by atoms with Crippen LogP contribution in [0.2, 0.25) is 5.02 Å². The van der Waals surface area contributed by atoms with Crippen molar-refractivity contribution in [1.82, 2.24) is 9.21 Å². The minimum Gasteiger partial charge on any atom is -0.465 e. The minimum atomic E-state index is -4.01. The number of piperidine rings is 1. The largest absolute Gasteiger partial charge is 0.465 e. The van der Waals surface area contributed by atoms with Crippen molar-refractivity contribution in [3.8, 4) is 0 Å². The van der Waals surface area contributed by atoms with Crippen LogP contribution in [0, 0.1) is 0 Å². The number of likely N-dealkylation sites (tertiary alicyclic amines) is 1. The summed E-state index contributed by atoms with van der Waals surface area (Å²) in [4.78, 5) is 26.7. The van der Waals surface area contributed by atoms with E-state index in [2.05, 4.69) is 0 Å². The standard InChI is InChI=1S/C25H31ClN2O6S/c1-25(2,3)34-24(30)27-15-7-9-20(17-27)28(35(31,32)21-13-11-19(26)12-14-21)16-18-8-5-6-10-22(18)23(29)33-4/h5-6,8,10-14,20H,7,9,15-17H2,1-4H3. The van der Waals surface area contributed by atoms with E-state index in [1.165, 1.54) is 40.6 Å². The Morgan fingerprint density at radius 1 is 1.11 bits per heavy atom. The summed E-state index contributed by atoms with van der Waals surface area (Å²) in [5.41, 5.74) is 0.121. The Balaban J connectivity index is 2.00. The van der Waals surface area contributed by atoms with Gasteiger partial charge in [0.1, 0.15) is 5.60 Å². The number of carbonyl (C=O) groups excluding carboxylic acids is 2. The Labute approximate surface area is 211 Å². The van der Waals surface area contributed by atoms with Crippen LogP contribution in [0.15, 0.2) is 53.4 Å². The topological polar surface area (TPSA) is 93.2 Å². The van der Waals surface area contributed by atoms with E-state index in [1.54, 1.807) is 45.0 Å². The number of hydrogen-bond donors (Lipinski definition) is 0. The van der Waals surface area contributed by atoms with E-state index in [1.807, 2.05) is 0 Å². The molecule has 2 aromatic rings. The van der Waals surface area contributed by atoms with Crippen LogP contribution in [0.5, 0.6) is 0 Å². The number of carbonyl (C=O) groups is 2. The van der Waals surface area contributed by atoms with E-state index in [0.29, 0.717) is 30.0 Å². The molecule has 190 valence electrons. The number of halogens is 1. The molecule has 1 heterocycles. The van der Waals surface area contributed by atoms with Crippen LogP contribution in [0.3, 0.4) is 0 Å². The van der Waals surface area contributed by atoms with Gasteiger partial charge in [-0.2, -0.15) is 4.31 Å². The molecule has 3 rings (SSSR count). The van der Waals surface area contributed by atoms with E-state index in [-0.39, 0.29) is 23.5 Å². The number of amides is 1. The molecule has 10 heteroatoms. The van der Waals surface area contributed by atoms with Crippen LogP contribution in [-0.4, -0.2) is 61.5 Å². The zero-order valence-corrected chi connectivity index (χ0v) is 21.9. The first kappa shape index (κ1) is 27.0. The van der Waals surface area contributed by atoms with E-state index in [0.717, 1.165) is 0 Å². The molecule has 1 atom stereocenters. The molecule has 0 N–H and O–H groups in total. The van der Waals surface area contributed by atoms with Gasteiger partial charge >= 0.3 is 12.1 Å². The Kier molecular flexibility index (Phi) is 8.46. The average Bonchev–Trinajstić information content (AvgIpc) is 2.81. The number of esters is 1. The molecule has 0 saturated carbocycles. The Bertz CT molecular complexity index is 1160. The lowest BCUT2D eigenvalue weighted by atomic mass is 10.0. The molecule has 0 aromatic heterocycles. The molecule has 35 heavy (non-hydrogen) atoms. The summed E-state index contributed by atoms with van der Waals surface area (Å²) >= 11 is 5.98. The predicted octanol–water partition coefficient (Wildman–Crippen LogP) is 4.72. The molecule has 1 aliphatic rings. The summed E-state index contributed by atoms with van der Waals surface area (Å²) in [5.74, 6) is -0.552. The van der Waals surface area contributed by atoms with Crippen molar-refractivity contribution >= 4 is 33.7 Å². The van der Waals surface area contributed by atoms with Gasteiger partial charge < -0.3 is 14.4 Å². The van der Waals surface area contributed by atoms with Gasteiger partial charge in [0, 0.05) is 30.7 Å². The van der Waals surface area contributed by atoms with Crippen molar-refractivity contribution in [3.63, 3.8) is 0 Å². The molecule has 1 saturated heterocycles. The number of rotatable bonds is 6. The lowest BCUT2D eigenvalue weighted by Crippen LogP contribution is -2.52. The van der Waals surface area contributed by atoms with Crippen molar-refractivity contribution in [2.75, 3.05) is 20.2 Å². The van der Waals surface area contributed by atoms with E-state index in [4.69, 9.17) is 21.1 Å². The maximum absolute atomic E-state index is 13.8. The van der Waals surface area contributed by atoms with Gasteiger partial charge in [-0.05, 0) is 69.5 Å². The fourth-order valence-corrected chi connectivity index (χ4v) is 5.72. The molecular formula is C25H31ClN2O6S. The summed E-state index contributed by atoms with van der Waals surface area (Å²) in [5, 5.41) is 0.417. The number of nitrogens with zero attached hydrogens (tertiary/aromatic N) is 2. The van der Waals surface area contributed by atoms with Crippen molar-refractivity contribution in [1.29, 1.82) is 0 Å². The van der Waals surface area contributed by atoms with Crippen molar-refractivity contribution in [2.45, 2.75) is 56.7 Å². The van der Waals surface area contributed by atoms with Gasteiger partial charge in [-0.1, -0.05) is 29.8 Å². The van der Waals surface area contributed by atoms with Crippen LogP contribution in [0.1, 0.15) is 49.5 Å². The van der Waals surface area contributed by atoms with Crippen molar-refractivity contribution < 1.29 is 27.5 Å². The Hall–Kier alpha value is -2.62. The van der Waals surface area contributed by atoms with Crippen LogP contribution >= 0.6 is 11.6 Å². The normalized spacial score (nSPS) is 16.7. The molecule has 0 aliphatic carbocycles. The quantitative estimate of drug-likeness (QED) is 0.510. The highest BCUT2D eigenvalue weighted by molar-refractivity contribution is 7.89. The van der Waals surface area contributed by atoms with Crippen LogP contribution in [0.25, 0.3) is 0 Å². The smallest absolute Gasteiger partial charge is 0.410 e. The van der Waals surface area contributed by atoms with E-state index < -0.39 is 33.7 Å². The summed E-state index contributed by atoms with van der Waals surface area (Å²) in [6, 6.07) is 12.1. The van der Waals surface area contributed by atoms with Crippen molar-refractivity contribution in [2.24, 2.45) is 0 Å². The lowest BCUT2D eigenvalue weighted by Gasteiger charge is -2.39. The highest BCUT2D eigenvalue weighted by Crippen LogP contribution is 2.28. The van der Waals surface area contributed by atoms with Crippen LogP contribution in [0.4, 0.5) is 4.79 Å². The SMILES string of the molecule is COC(=O)c1ccccc1CN(C1CCCN(C(=O)OC(C)(C)C)C1)S(=O)(=O)c1ccc(Cl)cc1. The minimum absolute atomic E-state index is 0.0664. The Morgan fingerprint density at radius 2 is 1.77 bits per heavy atom. The summed E-state index contributed by atoms with van der Waals surface area (Å²) < 4.78 is 39.4. The maximum Gasteiger partial charge on any atom is 0.410 e. The molecule has 0 spiro atoms. The molecule has 0 radical (unpaired) electrons. The highest BCUT2D eigenvalue weighted by atomic mass is 35.5. The molecule has 2 aromatic carbocycles. The third kappa shape index (κ3) is 6.74. The predicted molar refractivity (Wildman–Crippen MR) is 133 cm³/mol. The third-order valence-corrected chi connectivity index (χ3v) is 7.79. The summed E-state index contributed by atoms with van der Waals surface area (Å²) in [7, 11) is -2.73. The molecular weight excluding hydrogens is 492 g/mol. The lowest BCUT2D eigenvalue weighted by molar-refractivity contribution is 0.0152. The average molecular weight is 523 g/mol. The summed E-state index contributed by atoms with van der Waals surface area (Å²) in [6.07, 6.45) is 0.669. The molecule has 8 nitrogen and oxygen atoms in total. The monoisotopic (exact) mass is 522 g/mol. The highest BCUT2D eigenvalue weighted by Gasteiger charge is 2.37. The van der Waals surface area contributed by atoms with E-state index in [9.17, 15) is 18.0 Å². The second-order valence-corrected chi connectivity index (χ2v) is 11.7. The number of methoxy groups -OCH3 is 1. The Morgan fingerprint density at radius 3 is 2.40 bits per heavy atom. The number of hydrogen-bond acceptors (Lipinski definition) is 6. The zero-order valence-electron chi connectivity index (χ0n) is 20.4. The van der Waals surface area contributed by atoms with Gasteiger partial charge in [-0.15, -0.1) is 0 Å². The number of ether oxygens (including phenoxy) is 2. The molecule has 1 fully saturated rings. The fourth-order valence-electron chi connectivity index (χ4n) is 3.97. The maximum atomic E-state index is 13.8. The second-order valence-electron chi connectivity index (χ2n) is 9.38. The van der Waals surface area contributed by atoms with Gasteiger partial charge in [0.15, 0.2) is 0 Å². The first-order valence-electron chi connectivity index (χ1n) is 11.3.